The summed E-state index contributed by atoms with van der Waals surface area (Å²) in [5.41, 5.74) is 1.45. The van der Waals surface area contributed by atoms with Gasteiger partial charge in [-0.05, 0) is 36.8 Å². The maximum atomic E-state index is 13.5. The Balaban J connectivity index is 1.96. The van der Waals surface area contributed by atoms with Crippen LogP contribution in [0.4, 0.5) is 4.39 Å². The van der Waals surface area contributed by atoms with E-state index in [4.69, 9.17) is 4.42 Å². The van der Waals surface area contributed by atoms with Gasteiger partial charge in [-0.2, -0.15) is 5.10 Å². The summed E-state index contributed by atoms with van der Waals surface area (Å²) in [4.78, 5) is 12.2. The number of amides is 1. The number of aryl methyl sites for hydroxylation is 1. The van der Waals surface area contributed by atoms with Gasteiger partial charge in [-0.25, -0.2) is 9.40 Å². The summed E-state index contributed by atoms with van der Waals surface area (Å²) < 4.78 is 19.1. The summed E-state index contributed by atoms with van der Waals surface area (Å²) in [5, 5.41) is 5.86. The Bertz CT molecular complexity index is 736. The van der Waals surface area contributed by atoms with Gasteiger partial charge in [0.1, 0.15) is 23.0 Å². The molecule has 5 heteroatoms. The van der Waals surface area contributed by atoms with E-state index in [1.807, 2.05) is 25.1 Å². The topological polar surface area (TPSA) is 45.8 Å². The summed E-state index contributed by atoms with van der Waals surface area (Å²) in [6.07, 6.45) is 0.863. The number of benzene rings is 1. The Morgan fingerprint density at radius 3 is 2.86 bits per heavy atom. The monoisotopic (exact) mass is 300 g/mol. The third kappa shape index (κ3) is 2.66. The van der Waals surface area contributed by atoms with Crippen LogP contribution in [0.25, 0.3) is 0 Å². The van der Waals surface area contributed by atoms with Crippen LogP contribution in [-0.4, -0.2) is 16.6 Å². The molecule has 1 aliphatic heterocycles. The van der Waals surface area contributed by atoms with Crippen molar-refractivity contribution in [3.05, 3.63) is 59.3 Å². The van der Waals surface area contributed by atoms with Crippen LogP contribution >= 0.6 is 0 Å². The number of hydrogen-bond donors (Lipinski definition) is 0. The number of furan rings is 1. The largest absolute Gasteiger partial charge is 0.460 e. The number of hydrogen-bond acceptors (Lipinski definition) is 3. The molecular formula is C17H17FN2O2. The van der Waals surface area contributed by atoms with E-state index < -0.39 is 0 Å². The molecule has 0 fully saturated rings. The van der Waals surface area contributed by atoms with Crippen molar-refractivity contribution < 1.29 is 13.6 Å². The van der Waals surface area contributed by atoms with Crippen molar-refractivity contribution in [2.45, 2.75) is 32.7 Å². The molecule has 2 heterocycles. The molecule has 0 saturated heterocycles. The lowest BCUT2D eigenvalue weighted by molar-refractivity contribution is -0.132. The Hall–Kier alpha value is -2.43. The highest BCUT2D eigenvalue weighted by molar-refractivity contribution is 6.01. The molecule has 1 aromatic heterocycles. The van der Waals surface area contributed by atoms with Crippen LogP contribution in [0.5, 0.6) is 0 Å². The van der Waals surface area contributed by atoms with E-state index in [-0.39, 0.29) is 17.8 Å². The third-order valence-electron chi connectivity index (χ3n) is 3.73. The summed E-state index contributed by atoms with van der Waals surface area (Å²) >= 11 is 0. The van der Waals surface area contributed by atoms with Crippen LogP contribution in [0.15, 0.2) is 45.9 Å². The van der Waals surface area contributed by atoms with Gasteiger partial charge in [-0.1, -0.05) is 19.1 Å². The van der Waals surface area contributed by atoms with Gasteiger partial charge < -0.3 is 4.42 Å². The van der Waals surface area contributed by atoms with Crippen molar-refractivity contribution >= 4 is 11.6 Å². The summed E-state index contributed by atoms with van der Waals surface area (Å²) in [5.74, 6) is 1.04. The van der Waals surface area contributed by atoms with E-state index in [9.17, 15) is 9.18 Å². The molecule has 1 aromatic carbocycles. The third-order valence-corrected chi connectivity index (χ3v) is 3.73. The number of halogens is 1. The van der Waals surface area contributed by atoms with Crippen LogP contribution in [-0.2, 0) is 4.79 Å². The zero-order valence-electron chi connectivity index (χ0n) is 12.5. The highest BCUT2D eigenvalue weighted by Crippen LogP contribution is 2.33. The maximum Gasteiger partial charge on any atom is 0.242 e. The average Bonchev–Trinajstić information content (AvgIpc) is 3.12. The van der Waals surface area contributed by atoms with Crippen molar-refractivity contribution in [3.8, 4) is 0 Å². The van der Waals surface area contributed by atoms with Gasteiger partial charge in [0.15, 0.2) is 0 Å². The highest BCUT2D eigenvalue weighted by Gasteiger charge is 2.33. The van der Waals surface area contributed by atoms with E-state index in [1.165, 1.54) is 17.1 Å². The fraction of sp³-hybridized carbons (Fsp3) is 0.294. The molecular weight excluding hydrogens is 283 g/mol. The first kappa shape index (κ1) is 14.5. The van der Waals surface area contributed by atoms with Crippen LogP contribution in [0.3, 0.4) is 0 Å². The minimum Gasteiger partial charge on any atom is -0.460 e. The van der Waals surface area contributed by atoms with E-state index in [2.05, 4.69) is 5.10 Å². The van der Waals surface area contributed by atoms with Gasteiger partial charge in [0.2, 0.25) is 5.91 Å². The van der Waals surface area contributed by atoms with Gasteiger partial charge in [0, 0.05) is 12.8 Å². The van der Waals surface area contributed by atoms with Gasteiger partial charge in [0.25, 0.3) is 0 Å². The number of nitrogens with zero attached hydrogens (tertiary/aromatic N) is 2. The van der Waals surface area contributed by atoms with E-state index in [1.54, 1.807) is 13.0 Å². The first-order chi connectivity index (χ1) is 10.6. The molecule has 1 atom stereocenters. The molecule has 22 heavy (non-hydrogen) atoms. The zero-order chi connectivity index (χ0) is 15.7. The maximum absolute atomic E-state index is 13.5. The average molecular weight is 300 g/mol. The molecule has 2 aromatic rings. The fourth-order valence-corrected chi connectivity index (χ4v) is 2.61. The normalized spacial score (nSPS) is 17.7. The molecule has 114 valence electrons. The second-order valence-corrected chi connectivity index (χ2v) is 5.32. The van der Waals surface area contributed by atoms with Crippen LogP contribution in [0, 0.1) is 12.7 Å². The highest BCUT2D eigenvalue weighted by atomic mass is 19.1. The van der Waals surface area contributed by atoms with E-state index in [0.29, 0.717) is 24.3 Å². The number of carbonyl (C=O) groups excluding carboxylic acids is 1. The van der Waals surface area contributed by atoms with Crippen LogP contribution < -0.4 is 0 Å². The Morgan fingerprint density at radius 2 is 2.23 bits per heavy atom. The smallest absolute Gasteiger partial charge is 0.242 e. The van der Waals surface area contributed by atoms with Crippen molar-refractivity contribution in [2.24, 2.45) is 5.10 Å². The molecule has 0 radical (unpaired) electrons. The van der Waals surface area contributed by atoms with Crippen molar-refractivity contribution in [1.82, 2.24) is 5.01 Å². The molecule has 1 amide bonds. The number of rotatable bonds is 3. The second-order valence-electron chi connectivity index (χ2n) is 5.32. The fourth-order valence-electron chi connectivity index (χ4n) is 2.61. The molecule has 0 saturated carbocycles. The zero-order valence-corrected chi connectivity index (χ0v) is 12.5. The first-order valence-corrected chi connectivity index (χ1v) is 7.30. The molecule has 0 N–H and O–H groups in total. The minimum absolute atomic E-state index is 0.0902. The van der Waals surface area contributed by atoms with Gasteiger partial charge in [0.05, 0.1) is 6.04 Å². The molecule has 3 rings (SSSR count). The van der Waals surface area contributed by atoms with Gasteiger partial charge in [-0.3, -0.25) is 4.79 Å². The molecule has 0 aliphatic carbocycles. The molecule has 1 aliphatic rings. The minimum atomic E-state index is -0.316. The second kappa shape index (κ2) is 5.75. The van der Waals surface area contributed by atoms with Crippen molar-refractivity contribution in [1.29, 1.82) is 0 Å². The SMILES string of the molecule is CCC(=O)N1N=C(c2ccc(C)o2)C[C@H]1c1cccc(F)c1. The lowest BCUT2D eigenvalue weighted by Crippen LogP contribution is -2.26. The van der Waals surface area contributed by atoms with Crippen molar-refractivity contribution in [2.75, 3.05) is 0 Å². The molecule has 0 spiro atoms. The summed E-state index contributed by atoms with van der Waals surface area (Å²) in [6, 6.07) is 9.72. The quantitative estimate of drug-likeness (QED) is 0.865. The van der Waals surface area contributed by atoms with Gasteiger partial charge in [-0.15, -0.1) is 0 Å². The summed E-state index contributed by atoms with van der Waals surface area (Å²) in [7, 11) is 0. The Labute approximate surface area is 128 Å². The van der Waals surface area contributed by atoms with Crippen LogP contribution in [0.1, 0.15) is 42.9 Å². The Kier molecular flexibility index (Phi) is 3.79. The predicted molar refractivity (Wildman–Crippen MR) is 80.9 cm³/mol. The predicted octanol–water partition coefficient (Wildman–Crippen LogP) is 3.81. The van der Waals surface area contributed by atoms with E-state index in [0.717, 1.165) is 11.3 Å². The van der Waals surface area contributed by atoms with Crippen molar-refractivity contribution in [3.63, 3.8) is 0 Å². The standard InChI is InChI=1S/C17H17FN2O2/c1-3-17(21)20-15(12-5-4-6-13(18)9-12)10-14(19-20)16-8-7-11(2)22-16/h4-9,15H,3,10H2,1-2H3/t15-/m0/s1. The summed E-state index contributed by atoms with van der Waals surface area (Å²) in [6.45, 7) is 3.65. The first-order valence-electron chi connectivity index (χ1n) is 7.30. The Morgan fingerprint density at radius 1 is 1.41 bits per heavy atom. The lowest BCUT2D eigenvalue weighted by Gasteiger charge is -2.21. The van der Waals surface area contributed by atoms with Crippen LogP contribution in [0.2, 0.25) is 0 Å². The molecule has 4 nitrogen and oxygen atoms in total. The lowest BCUT2D eigenvalue weighted by atomic mass is 10.0. The number of hydrazone groups is 1. The molecule has 0 bridgehead atoms. The van der Waals surface area contributed by atoms with Gasteiger partial charge >= 0.3 is 0 Å². The van der Waals surface area contributed by atoms with E-state index >= 15 is 0 Å². The molecule has 0 unspecified atom stereocenters. The number of carbonyl (C=O) groups is 1.